The molecule has 4 heteroatoms. The van der Waals surface area contributed by atoms with Gasteiger partial charge >= 0.3 is 0 Å². The second kappa shape index (κ2) is 20.7. The number of hydrogen-bond acceptors (Lipinski definition) is 3. The molecule has 0 radical (unpaired) electrons. The summed E-state index contributed by atoms with van der Waals surface area (Å²) < 4.78 is 5.06. The van der Waals surface area contributed by atoms with Gasteiger partial charge < -0.3 is 15.2 Å². The summed E-state index contributed by atoms with van der Waals surface area (Å²) in [4.78, 5) is 11.6. The van der Waals surface area contributed by atoms with Gasteiger partial charge in [0.05, 0.1) is 6.61 Å². The molecule has 0 fully saturated rings. The van der Waals surface area contributed by atoms with Crippen molar-refractivity contribution in [3.8, 4) is 0 Å². The molecular formula is C22H45NO3. The van der Waals surface area contributed by atoms with E-state index in [1.54, 1.807) is 0 Å². The predicted octanol–water partition coefficient (Wildman–Crippen LogP) is 5.72. The number of aliphatic hydroxyl groups excluding tert-OH is 1. The average molecular weight is 372 g/mol. The van der Waals surface area contributed by atoms with Crippen molar-refractivity contribution < 1.29 is 14.6 Å². The molecule has 0 aromatic heterocycles. The molecule has 0 rings (SSSR count). The first-order valence-electron chi connectivity index (χ1n) is 11.3. The van der Waals surface area contributed by atoms with Crippen LogP contribution in [0.4, 0.5) is 0 Å². The van der Waals surface area contributed by atoms with Gasteiger partial charge in [0.15, 0.2) is 0 Å². The van der Waals surface area contributed by atoms with E-state index in [1.807, 2.05) is 6.92 Å². The van der Waals surface area contributed by atoms with Gasteiger partial charge in [-0.3, -0.25) is 4.79 Å². The third-order valence-corrected chi connectivity index (χ3v) is 4.81. The van der Waals surface area contributed by atoms with Gasteiger partial charge in [0.2, 0.25) is 5.91 Å². The van der Waals surface area contributed by atoms with Crippen LogP contribution in [0.1, 0.15) is 117 Å². The molecule has 0 spiro atoms. The van der Waals surface area contributed by atoms with Crippen molar-refractivity contribution in [2.75, 3.05) is 13.2 Å². The molecule has 0 aliphatic rings. The zero-order valence-electron chi connectivity index (χ0n) is 17.6. The minimum absolute atomic E-state index is 0.0769. The molecule has 0 aliphatic heterocycles. The molecule has 0 saturated carbocycles. The summed E-state index contributed by atoms with van der Waals surface area (Å²) in [6, 6.07) is 0. The quantitative estimate of drug-likeness (QED) is 0.212. The maximum atomic E-state index is 11.6. The van der Waals surface area contributed by atoms with E-state index in [0.29, 0.717) is 13.0 Å². The second-order valence-corrected chi connectivity index (χ2v) is 7.44. The van der Waals surface area contributed by atoms with Crippen LogP contribution < -0.4 is 5.32 Å². The molecule has 0 saturated heterocycles. The van der Waals surface area contributed by atoms with E-state index >= 15 is 0 Å². The summed E-state index contributed by atoms with van der Waals surface area (Å²) in [5.74, 6) is -0.0769. The number of carbonyl (C=O) groups excluding carboxylic acids is 1. The van der Waals surface area contributed by atoms with E-state index in [-0.39, 0.29) is 12.5 Å². The standard InChI is InChI=1S/C22H45NO3/c1-3-5-6-7-8-9-10-11-12-13-14-15-16-17-18-19-21(24)23-22(25)20-26-4-2/h22,25H,3-20H2,1-2H3,(H,23,24). The Morgan fingerprint density at radius 3 is 1.62 bits per heavy atom. The Labute approximate surface area is 162 Å². The van der Waals surface area contributed by atoms with E-state index in [9.17, 15) is 9.90 Å². The highest BCUT2D eigenvalue weighted by Crippen LogP contribution is 2.13. The Hall–Kier alpha value is -0.610. The Balaban J connectivity index is 3.18. The van der Waals surface area contributed by atoms with Gasteiger partial charge in [-0.1, -0.05) is 96.8 Å². The first-order chi connectivity index (χ1) is 12.7. The fourth-order valence-corrected chi connectivity index (χ4v) is 3.19. The van der Waals surface area contributed by atoms with Crippen molar-refractivity contribution in [2.45, 2.75) is 123 Å². The minimum atomic E-state index is -0.876. The van der Waals surface area contributed by atoms with Crippen molar-refractivity contribution in [2.24, 2.45) is 0 Å². The number of hydrogen-bond donors (Lipinski definition) is 2. The highest BCUT2D eigenvalue weighted by Gasteiger charge is 2.07. The van der Waals surface area contributed by atoms with Gasteiger partial charge in [-0.15, -0.1) is 0 Å². The summed E-state index contributed by atoms with van der Waals surface area (Å²) in [7, 11) is 0. The van der Waals surface area contributed by atoms with Crippen LogP contribution in [0.5, 0.6) is 0 Å². The molecule has 0 aromatic carbocycles. The minimum Gasteiger partial charge on any atom is -0.377 e. The van der Waals surface area contributed by atoms with Gasteiger partial charge in [-0.25, -0.2) is 0 Å². The molecular weight excluding hydrogens is 326 g/mol. The molecule has 1 atom stereocenters. The molecule has 0 bridgehead atoms. The Bertz CT molecular complexity index is 297. The molecule has 4 nitrogen and oxygen atoms in total. The van der Waals surface area contributed by atoms with Crippen LogP contribution >= 0.6 is 0 Å². The van der Waals surface area contributed by atoms with E-state index in [0.717, 1.165) is 12.8 Å². The lowest BCUT2D eigenvalue weighted by Gasteiger charge is -2.12. The first-order valence-corrected chi connectivity index (χ1v) is 11.3. The normalized spacial score (nSPS) is 12.3. The van der Waals surface area contributed by atoms with Gasteiger partial charge in [0, 0.05) is 13.0 Å². The van der Waals surface area contributed by atoms with Crippen molar-refractivity contribution in [3.63, 3.8) is 0 Å². The monoisotopic (exact) mass is 371 g/mol. The summed E-state index contributed by atoms with van der Waals surface area (Å²) >= 11 is 0. The predicted molar refractivity (Wildman–Crippen MR) is 110 cm³/mol. The van der Waals surface area contributed by atoms with Crippen LogP contribution in [0.3, 0.4) is 0 Å². The number of amides is 1. The van der Waals surface area contributed by atoms with E-state index in [2.05, 4.69) is 12.2 Å². The summed E-state index contributed by atoms with van der Waals surface area (Å²) in [6.07, 6.45) is 19.5. The average Bonchev–Trinajstić information content (AvgIpc) is 2.63. The summed E-state index contributed by atoms with van der Waals surface area (Å²) in [6.45, 7) is 4.85. The molecule has 1 unspecified atom stereocenters. The number of carbonyl (C=O) groups is 1. The smallest absolute Gasteiger partial charge is 0.222 e. The van der Waals surface area contributed by atoms with Gasteiger partial charge in [-0.05, 0) is 13.3 Å². The van der Waals surface area contributed by atoms with E-state index < -0.39 is 6.23 Å². The largest absolute Gasteiger partial charge is 0.377 e. The summed E-state index contributed by atoms with van der Waals surface area (Å²) in [5.41, 5.74) is 0. The second-order valence-electron chi connectivity index (χ2n) is 7.44. The zero-order valence-corrected chi connectivity index (χ0v) is 17.6. The lowest BCUT2D eigenvalue weighted by Crippen LogP contribution is -2.37. The van der Waals surface area contributed by atoms with Gasteiger partial charge in [0.1, 0.15) is 6.23 Å². The number of ether oxygens (including phenoxy) is 1. The summed E-state index contributed by atoms with van der Waals surface area (Å²) in [5, 5.41) is 12.1. The van der Waals surface area contributed by atoms with Crippen molar-refractivity contribution >= 4 is 5.91 Å². The first kappa shape index (κ1) is 25.4. The lowest BCUT2D eigenvalue weighted by atomic mass is 10.0. The molecule has 26 heavy (non-hydrogen) atoms. The number of unbranched alkanes of at least 4 members (excludes halogenated alkanes) is 14. The molecule has 1 amide bonds. The van der Waals surface area contributed by atoms with Crippen LogP contribution in [0.15, 0.2) is 0 Å². The maximum Gasteiger partial charge on any atom is 0.222 e. The highest BCUT2D eigenvalue weighted by molar-refractivity contribution is 5.75. The van der Waals surface area contributed by atoms with Crippen LogP contribution in [0.2, 0.25) is 0 Å². The third kappa shape index (κ3) is 19.7. The molecule has 0 aliphatic carbocycles. The number of nitrogens with one attached hydrogen (secondary N) is 1. The van der Waals surface area contributed by atoms with Crippen LogP contribution in [0, 0.1) is 0 Å². The van der Waals surface area contributed by atoms with E-state index in [1.165, 1.54) is 83.5 Å². The number of rotatable bonds is 20. The van der Waals surface area contributed by atoms with Crippen molar-refractivity contribution in [1.29, 1.82) is 0 Å². The van der Waals surface area contributed by atoms with Crippen LogP contribution in [-0.2, 0) is 9.53 Å². The maximum absolute atomic E-state index is 11.6. The zero-order chi connectivity index (χ0) is 19.3. The topological polar surface area (TPSA) is 58.6 Å². The van der Waals surface area contributed by atoms with Crippen LogP contribution in [0.25, 0.3) is 0 Å². The van der Waals surface area contributed by atoms with E-state index in [4.69, 9.17) is 4.74 Å². The SMILES string of the molecule is CCCCCCCCCCCCCCCCCC(=O)NC(O)COCC. The van der Waals surface area contributed by atoms with Crippen molar-refractivity contribution in [1.82, 2.24) is 5.32 Å². The number of aliphatic hydroxyl groups is 1. The molecule has 2 N–H and O–H groups in total. The fraction of sp³-hybridized carbons (Fsp3) is 0.955. The fourth-order valence-electron chi connectivity index (χ4n) is 3.19. The Kier molecular flexibility index (Phi) is 20.2. The van der Waals surface area contributed by atoms with Gasteiger partial charge in [0.25, 0.3) is 0 Å². The molecule has 156 valence electrons. The lowest BCUT2D eigenvalue weighted by molar-refractivity contribution is -0.125. The highest BCUT2D eigenvalue weighted by atomic mass is 16.5. The Morgan fingerprint density at radius 2 is 1.19 bits per heavy atom. The Morgan fingerprint density at radius 1 is 0.769 bits per heavy atom. The molecule has 0 aromatic rings. The van der Waals surface area contributed by atoms with Crippen LogP contribution in [-0.4, -0.2) is 30.5 Å². The van der Waals surface area contributed by atoms with Gasteiger partial charge in [-0.2, -0.15) is 0 Å². The third-order valence-electron chi connectivity index (χ3n) is 4.81. The molecule has 0 heterocycles. The van der Waals surface area contributed by atoms with Crippen molar-refractivity contribution in [3.05, 3.63) is 0 Å².